The zero-order valence-corrected chi connectivity index (χ0v) is 12.9. The molecule has 1 amide bonds. The Kier molecular flexibility index (Phi) is 4.82. The van der Waals surface area contributed by atoms with Crippen LogP contribution >= 0.6 is 11.6 Å². The van der Waals surface area contributed by atoms with Crippen molar-refractivity contribution in [3.05, 3.63) is 41.0 Å². The first kappa shape index (κ1) is 16.0. The number of hydrogen-bond acceptors (Lipinski definition) is 4. The van der Waals surface area contributed by atoms with Gasteiger partial charge in [0.15, 0.2) is 11.5 Å². The number of carboxylic acids is 1. The molecule has 0 aliphatic heterocycles. The van der Waals surface area contributed by atoms with Crippen molar-refractivity contribution in [1.82, 2.24) is 10.1 Å². The van der Waals surface area contributed by atoms with Gasteiger partial charge in [0, 0.05) is 17.7 Å². The Balaban J connectivity index is 2.29. The quantitative estimate of drug-likeness (QED) is 0.915. The van der Waals surface area contributed by atoms with E-state index in [2.05, 4.69) is 5.16 Å². The summed E-state index contributed by atoms with van der Waals surface area (Å²) in [5.41, 5.74) is 0.662. The van der Waals surface area contributed by atoms with Gasteiger partial charge in [0.05, 0.1) is 5.02 Å². The maximum atomic E-state index is 12.4. The Hall–Kier alpha value is -2.34. The highest BCUT2D eigenvalue weighted by Gasteiger charge is 2.24. The topological polar surface area (TPSA) is 83.6 Å². The van der Waals surface area contributed by atoms with E-state index in [4.69, 9.17) is 21.2 Å². The van der Waals surface area contributed by atoms with E-state index in [9.17, 15) is 9.59 Å². The monoisotopic (exact) mass is 322 g/mol. The molecule has 0 spiro atoms. The third-order valence-electron chi connectivity index (χ3n) is 3.06. The molecule has 2 aromatic rings. The van der Waals surface area contributed by atoms with Crippen molar-refractivity contribution in [3.8, 4) is 11.3 Å². The molecule has 0 unspecified atom stereocenters. The molecule has 6 nitrogen and oxygen atoms in total. The van der Waals surface area contributed by atoms with E-state index in [1.165, 1.54) is 11.0 Å². The molecule has 1 aromatic heterocycles. The summed E-state index contributed by atoms with van der Waals surface area (Å²) in [4.78, 5) is 24.4. The maximum Gasteiger partial charge on any atom is 0.323 e. The van der Waals surface area contributed by atoms with Gasteiger partial charge in [-0.3, -0.25) is 9.59 Å². The van der Waals surface area contributed by atoms with Gasteiger partial charge in [-0.15, -0.1) is 0 Å². The van der Waals surface area contributed by atoms with Crippen molar-refractivity contribution in [1.29, 1.82) is 0 Å². The number of benzene rings is 1. The minimum absolute atomic E-state index is 0.0462. The van der Waals surface area contributed by atoms with E-state index in [1.54, 1.807) is 38.1 Å². The first-order valence-electron chi connectivity index (χ1n) is 6.64. The van der Waals surface area contributed by atoms with Gasteiger partial charge in [-0.05, 0) is 26.0 Å². The van der Waals surface area contributed by atoms with Crippen molar-refractivity contribution in [2.24, 2.45) is 0 Å². The van der Waals surface area contributed by atoms with Gasteiger partial charge in [-0.25, -0.2) is 0 Å². The second-order valence-electron chi connectivity index (χ2n) is 4.98. The standard InChI is InChI=1S/C15H15ClN2O4/c1-9(2)18(8-14(19)20)15(21)12-7-13(22-17-12)10-5-3-4-6-11(10)16/h3-7,9H,8H2,1-2H3,(H,19,20). The molecule has 22 heavy (non-hydrogen) atoms. The smallest absolute Gasteiger partial charge is 0.323 e. The molecule has 0 aliphatic carbocycles. The summed E-state index contributed by atoms with van der Waals surface area (Å²) in [5, 5.41) is 13.1. The average Bonchev–Trinajstić information content (AvgIpc) is 2.93. The molecule has 1 N–H and O–H groups in total. The molecule has 1 heterocycles. The van der Waals surface area contributed by atoms with Crippen LogP contribution in [-0.4, -0.2) is 39.6 Å². The minimum atomic E-state index is -1.09. The summed E-state index contributed by atoms with van der Waals surface area (Å²) < 4.78 is 5.16. The van der Waals surface area contributed by atoms with Crippen LogP contribution in [0.15, 0.2) is 34.9 Å². The van der Waals surface area contributed by atoms with Gasteiger partial charge in [0.2, 0.25) is 0 Å². The zero-order valence-electron chi connectivity index (χ0n) is 12.1. The van der Waals surface area contributed by atoms with Crippen LogP contribution in [0.4, 0.5) is 0 Å². The zero-order chi connectivity index (χ0) is 16.3. The minimum Gasteiger partial charge on any atom is -0.480 e. The number of hydrogen-bond donors (Lipinski definition) is 1. The highest BCUT2D eigenvalue weighted by Crippen LogP contribution is 2.28. The lowest BCUT2D eigenvalue weighted by Crippen LogP contribution is -2.40. The average molecular weight is 323 g/mol. The van der Waals surface area contributed by atoms with Crippen LogP contribution in [0.1, 0.15) is 24.3 Å². The summed E-state index contributed by atoms with van der Waals surface area (Å²) in [6.07, 6.45) is 0. The lowest BCUT2D eigenvalue weighted by molar-refractivity contribution is -0.138. The van der Waals surface area contributed by atoms with Crippen LogP contribution in [0.2, 0.25) is 5.02 Å². The number of carbonyl (C=O) groups is 2. The Bertz CT molecular complexity index is 696. The van der Waals surface area contributed by atoms with Crippen molar-refractivity contribution in [3.63, 3.8) is 0 Å². The van der Waals surface area contributed by atoms with E-state index in [0.717, 1.165) is 0 Å². The third kappa shape index (κ3) is 3.46. The Labute approximate surface area is 132 Å². The summed E-state index contributed by atoms with van der Waals surface area (Å²) in [6.45, 7) is 3.07. The van der Waals surface area contributed by atoms with Crippen LogP contribution in [0.25, 0.3) is 11.3 Å². The van der Waals surface area contributed by atoms with Crippen LogP contribution in [-0.2, 0) is 4.79 Å². The van der Waals surface area contributed by atoms with Crippen molar-refractivity contribution in [2.75, 3.05) is 6.54 Å². The number of carboxylic acid groups (broad SMARTS) is 1. The molecule has 0 saturated carbocycles. The number of aliphatic carboxylic acids is 1. The van der Waals surface area contributed by atoms with Gasteiger partial charge in [-0.1, -0.05) is 28.9 Å². The summed E-state index contributed by atoms with van der Waals surface area (Å²) in [7, 11) is 0. The van der Waals surface area contributed by atoms with Gasteiger partial charge in [-0.2, -0.15) is 0 Å². The number of aromatic nitrogens is 1. The van der Waals surface area contributed by atoms with Crippen molar-refractivity contribution in [2.45, 2.75) is 19.9 Å². The lowest BCUT2D eigenvalue weighted by atomic mass is 10.1. The summed E-state index contributed by atoms with van der Waals surface area (Å²) in [5.74, 6) is -1.23. The highest BCUT2D eigenvalue weighted by molar-refractivity contribution is 6.33. The Morgan fingerprint density at radius 3 is 2.64 bits per heavy atom. The molecule has 0 saturated heterocycles. The van der Waals surface area contributed by atoms with E-state index in [-0.39, 0.29) is 11.7 Å². The van der Waals surface area contributed by atoms with Crippen LogP contribution < -0.4 is 0 Å². The molecule has 0 atom stereocenters. The molecule has 1 aromatic carbocycles. The molecule has 0 fully saturated rings. The van der Waals surface area contributed by atoms with Crippen molar-refractivity contribution < 1.29 is 19.2 Å². The van der Waals surface area contributed by atoms with Crippen LogP contribution in [0.3, 0.4) is 0 Å². The fraction of sp³-hybridized carbons (Fsp3) is 0.267. The summed E-state index contributed by atoms with van der Waals surface area (Å²) in [6, 6.07) is 8.20. The van der Waals surface area contributed by atoms with Crippen LogP contribution in [0, 0.1) is 0 Å². The predicted octanol–water partition coefficient (Wildman–Crippen LogP) is 2.93. The third-order valence-corrected chi connectivity index (χ3v) is 3.39. The molecular weight excluding hydrogens is 308 g/mol. The molecule has 7 heteroatoms. The molecule has 0 aliphatic rings. The van der Waals surface area contributed by atoms with E-state index >= 15 is 0 Å². The SMILES string of the molecule is CC(C)N(CC(=O)O)C(=O)c1cc(-c2ccccc2Cl)on1. The van der Waals surface area contributed by atoms with Crippen LogP contribution in [0.5, 0.6) is 0 Å². The maximum absolute atomic E-state index is 12.4. The molecule has 0 radical (unpaired) electrons. The summed E-state index contributed by atoms with van der Waals surface area (Å²) >= 11 is 6.07. The molecular formula is C15H15ClN2O4. The van der Waals surface area contributed by atoms with E-state index in [1.807, 2.05) is 0 Å². The van der Waals surface area contributed by atoms with Gasteiger partial charge in [0.25, 0.3) is 5.91 Å². The van der Waals surface area contributed by atoms with E-state index < -0.39 is 18.4 Å². The molecule has 116 valence electrons. The number of rotatable bonds is 5. The lowest BCUT2D eigenvalue weighted by Gasteiger charge is -2.23. The number of carbonyl (C=O) groups excluding carboxylic acids is 1. The Morgan fingerprint density at radius 2 is 2.05 bits per heavy atom. The molecule has 0 bridgehead atoms. The number of halogens is 1. The Morgan fingerprint density at radius 1 is 1.36 bits per heavy atom. The fourth-order valence-corrected chi connectivity index (χ4v) is 2.17. The molecule has 2 rings (SSSR count). The fourth-order valence-electron chi connectivity index (χ4n) is 1.95. The number of nitrogens with zero attached hydrogens (tertiary/aromatic N) is 2. The second-order valence-corrected chi connectivity index (χ2v) is 5.38. The van der Waals surface area contributed by atoms with Gasteiger partial charge < -0.3 is 14.5 Å². The largest absolute Gasteiger partial charge is 0.480 e. The normalized spacial score (nSPS) is 10.7. The van der Waals surface area contributed by atoms with Crippen molar-refractivity contribution >= 4 is 23.5 Å². The second kappa shape index (κ2) is 6.62. The van der Waals surface area contributed by atoms with Gasteiger partial charge in [0.1, 0.15) is 6.54 Å². The number of amides is 1. The first-order valence-corrected chi connectivity index (χ1v) is 7.02. The van der Waals surface area contributed by atoms with E-state index in [0.29, 0.717) is 16.3 Å². The van der Waals surface area contributed by atoms with Gasteiger partial charge >= 0.3 is 5.97 Å². The predicted molar refractivity (Wildman–Crippen MR) is 80.8 cm³/mol. The highest BCUT2D eigenvalue weighted by atomic mass is 35.5. The first-order chi connectivity index (χ1) is 10.4.